The average Bonchev–Trinajstić information content (AvgIpc) is 2.02. The van der Waals surface area contributed by atoms with Gasteiger partial charge in [0.05, 0.1) is 0 Å². The van der Waals surface area contributed by atoms with E-state index in [1.165, 1.54) is 29.6 Å². The molecule has 0 saturated heterocycles. The van der Waals surface area contributed by atoms with Crippen LogP contribution in [-0.2, 0) is 0 Å². The molecule has 0 amide bonds. The Hall–Kier alpha value is -0.780. The first kappa shape index (κ1) is 13.2. The summed E-state index contributed by atoms with van der Waals surface area (Å²) in [5.41, 5.74) is 4.07. The molecule has 0 aliphatic rings. The molecule has 80 valence electrons. The standard InChI is InChI=1S/C14H24/c1-12(2)8-6-10-14(5)11-7-9-13(3)4/h10H,1,3,6-9,11H2,2,4-5H3. The van der Waals surface area contributed by atoms with E-state index in [9.17, 15) is 0 Å². The molecule has 0 atom stereocenters. The second kappa shape index (κ2) is 7.61. The summed E-state index contributed by atoms with van der Waals surface area (Å²) in [7, 11) is 0. The van der Waals surface area contributed by atoms with Crippen LogP contribution in [0.4, 0.5) is 0 Å². The maximum absolute atomic E-state index is 3.91. The fraction of sp³-hybridized carbons (Fsp3) is 0.571. The summed E-state index contributed by atoms with van der Waals surface area (Å²) < 4.78 is 0. The van der Waals surface area contributed by atoms with Crippen LogP contribution in [0.15, 0.2) is 36.0 Å². The van der Waals surface area contributed by atoms with E-state index in [-0.39, 0.29) is 0 Å². The van der Waals surface area contributed by atoms with Gasteiger partial charge < -0.3 is 0 Å². The van der Waals surface area contributed by atoms with Gasteiger partial charge in [0.1, 0.15) is 0 Å². The van der Waals surface area contributed by atoms with Crippen molar-refractivity contribution in [3.8, 4) is 0 Å². The minimum absolute atomic E-state index is 1.12. The highest BCUT2D eigenvalue weighted by molar-refractivity contribution is 5.01. The van der Waals surface area contributed by atoms with Gasteiger partial charge in [0.25, 0.3) is 0 Å². The van der Waals surface area contributed by atoms with Crippen LogP contribution in [0.2, 0.25) is 0 Å². The highest BCUT2D eigenvalue weighted by Crippen LogP contribution is 2.12. The van der Waals surface area contributed by atoms with Crippen molar-refractivity contribution in [1.29, 1.82) is 0 Å². The molecule has 0 aliphatic carbocycles. The molecule has 0 nitrogen and oxygen atoms in total. The SMILES string of the molecule is C=C(C)CCC=C(C)CCCC(=C)C. The summed E-state index contributed by atoms with van der Waals surface area (Å²) in [5, 5.41) is 0. The lowest BCUT2D eigenvalue weighted by Crippen LogP contribution is -1.81. The van der Waals surface area contributed by atoms with E-state index in [2.05, 4.69) is 40.0 Å². The van der Waals surface area contributed by atoms with Crippen molar-refractivity contribution in [3.05, 3.63) is 36.0 Å². The molecule has 0 fully saturated rings. The molecule has 0 saturated carbocycles. The lowest BCUT2D eigenvalue weighted by atomic mass is 10.0. The first-order valence-corrected chi connectivity index (χ1v) is 5.46. The summed E-state index contributed by atoms with van der Waals surface area (Å²) in [4.78, 5) is 0. The maximum atomic E-state index is 3.91. The Morgan fingerprint density at radius 1 is 0.929 bits per heavy atom. The van der Waals surface area contributed by atoms with Gasteiger partial charge in [-0.2, -0.15) is 0 Å². The second-order valence-electron chi connectivity index (χ2n) is 4.36. The fourth-order valence-electron chi connectivity index (χ4n) is 1.34. The molecular weight excluding hydrogens is 168 g/mol. The third kappa shape index (κ3) is 9.31. The molecule has 0 aromatic heterocycles. The monoisotopic (exact) mass is 192 g/mol. The number of hydrogen-bond donors (Lipinski definition) is 0. The summed E-state index contributed by atoms with van der Waals surface area (Å²) in [5.74, 6) is 0. The Balaban J connectivity index is 3.56. The molecule has 0 heteroatoms. The summed E-state index contributed by atoms with van der Waals surface area (Å²) in [6.45, 7) is 14.2. The summed E-state index contributed by atoms with van der Waals surface area (Å²) in [6.07, 6.45) is 8.22. The molecule has 0 spiro atoms. The van der Waals surface area contributed by atoms with Gasteiger partial charge in [-0.3, -0.25) is 0 Å². The van der Waals surface area contributed by atoms with Crippen LogP contribution >= 0.6 is 0 Å². The van der Waals surface area contributed by atoms with Crippen LogP contribution in [0.25, 0.3) is 0 Å². The zero-order valence-electron chi connectivity index (χ0n) is 10.0. The topological polar surface area (TPSA) is 0 Å². The molecule has 0 aliphatic heterocycles. The van der Waals surface area contributed by atoms with Crippen LogP contribution in [0.3, 0.4) is 0 Å². The van der Waals surface area contributed by atoms with E-state index in [0.29, 0.717) is 0 Å². The van der Waals surface area contributed by atoms with Crippen molar-refractivity contribution in [2.75, 3.05) is 0 Å². The largest absolute Gasteiger partial charge is 0.100 e. The van der Waals surface area contributed by atoms with E-state index in [1.54, 1.807) is 0 Å². The van der Waals surface area contributed by atoms with Gasteiger partial charge >= 0.3 is 0 Å². The molecule has 0 N–H and O–H groups in total. The van der Waals surface area contributed by atoms with Crippen LogP contribution in [0, 0.1) is 0 Å². The lowest BCUT2D eigenvalue weighted by molar-refractivity contribution is 0.798. The zero-order valence-corrected chi connectivity index (χ0v) is 10.0. The molecule has 0 bridgehead atoms. The normalized spacial score (nSPS) is 11.5. The van der Waals surface area contributed by atoms with Gasteiger partial charge in [0, 0.05) is 0 Å². The number of allylic oxidation sites excluding steroid dienone is 4. The Bertz CT molecular complexity index is 218. The smallest absolute Gasteiger partial charge is 0.0291 e. The Morgan fingerprint density at radius 2 is 1.50 bits per heavy atom. The van der Waals surface area contributed by atoms with Crippen LogP contribution < -0.4 is 0 Å². The van der Waals surface area contributed by atoms with Gasteiger partial charge in [-0.1, -0.05) is 22.8 Å². The third-order valence-electron chi connectivity index (χ3n) is 2.24. The maximum Gasteiger partial charge on any atom is -0.0291 e. The van der Waals surface area contributed by atoms with Crippen molar-refractivity contribution in [1.82, 2.24) is 0 Å². The van der Waals surface area contributed by atoms with Crippen LogP contribution in [0.5, 0.6) is 0 Å². The van der Waals surface area contributed by atoms with Crippen molar-refractivity contribution in [2.45, 2.75) is 52.9 Å². The van der Waals surface area contributed by atoms with Crippen molar-refractivity contribution in [2.24, 2.45) is 0 Å². The van der Waals surface area contributed by atoms with E-state index < -0.39 is 0 Å². The molecule has 0 aromatic carbocycles. The number of rotatable bonds is 7. The molecule has 0 aromatic rings. The molecule has 14 heavy (non-hydrogen) atoms. The highest BCUT2D eigenvalue weighted by Gasteiger charge is 1.92. The van der Waals surface area contributed by atoms with Gasteiger partial charge in [0.2, 0.25) is 0 Å². The average molecular weight is 192 g/mol. The first-order valence-electron chi connectivity index (χ1n) is 5.46. The lowest BCUT2D eigenvalue weighted by Gasteiger charge is -2.01. The number of hydrogen-bond acceptors (Lipinski definition) is 0. The van der Waals surface area contributed by atoms with E-state index in [0.717, 1.165) is 19.3 Å². The second-order valence-corrected chi connectivity index (χ2v) is 4.36. The van der Waals surface area contributed by atoms with E-state index in [1.807, 2.05) is 0 Å². The highest BCUT2D eigenvalue weighted by atomic mass is 14.0. The Labute approximate surface area is 89.4 Å². The predicted octanol–water partition coefficient (Wildman–Crippen LogP) is 5.04. The van der Waals surface area contributed by atoms with Crippen molar-refractivity contribution < 1.29 is 0 Å². The van der Waals surface area contributed by atoms with Gasteiger partial charge in [-0.15, -0.1) is 13.2 Å². The summed E-state index contributed by atoms with van der Waals surface area (Å²) in [6, 6.07) is 0. The minimum Gasteiger partial charge on any atom is -0.100 e. The van der Waals surface area contributed by atoms with Crippen LogP contribution in [0.1, 0.15) is 52.9 Å². The van der Waals surface area contributed by atoms with Crippen molar-refractivity contribution >= 4 is 0 Å². The third-order valence-corrected chi connectivity index (χ3v) is 2.24. The fourth-order valence-corrected chi connectivity index (χ4v) is 1.34. The summed E-state index contributed by atoms with van der Waals surface area (Å²) >= 11 is 0. The van der Waals surface area contributed by atoms with Gasteiger partial charge in [-0.05, 0) is 52.9 Å². The van der Waals surface area contributed by atoms with Crippen LogP contribution in [-0.4, -0.2) is 0 Å². The zero-order chi connectivity index (χ0) is 11.0. The minimum atomic E-state index is 1.12. The quantitative estimate of drug-likeness (QED) is 0.496. The van der Waals surface area contributed by atoms with E-state index in [4.69, 9.17) is 0 Å². The van der Waals surface area contributed by atoms with Gasteiger partial charge in [0.15, 0.2) is 0 Å². The Morgan fingerprint density at radius 3 is 2.00 bits per heavy atom. The van der Waals surface area contributed by atoms with E-state index >= 15 is 0 Å². The molecule has 0 heterocycles. The molecule has 0 radical (unpaired) electrons. The predicted molar refractivity (Wildman–Crippen MR) is 66.5 cm³/mol. The first-order chi connectivity index (χ1) is 6.52. The van der Waals surface area contributed by atoms with Crippen molar-refractivity contribution in [3.63, 3.8) is 0 Å². The van der Waals surface area contributed by atoms with Gasteiger partial charge in [-0.25, -0.2) is 0 Å². The molecular formula is C14H24. The molecule has 0 rings (SSSR count). The molecule has 0 unspecified atom stereocenters. The Kier molecular flexibility index (Phi) is 7.18.